The highest BCUT2D eigenvalue weighted by atomic mass is 28.6. The second-order valence-electron chi connectivity index (χ2n) is 21.1. The summed E-state index contributed by atoms with van der Waals surface area (Å²) in [5, 5.41) is 0. The second-order valence-corrected chi connectivity index (χ2v) is 68.3. The molecule has 0 rings (SSSR count). The van der Waals surface area contributed by atoms with Gasteiger partial charge in [0.05, 0.1) is 0 Å². The van der Waals surface area contributed by atoms with Crippen LogP contribution in [0.25, 0.3) is 0 Å². The van der Waals surface area contributed by atoms with Crippen LogP contribution in [0.5, 0.6) is 0 Å². The van der Waals surface area contributed by atoms with E-state index in [0.717, 1.165) is 0 Å². The molecule has 0 bridgehead atoms. The minimum Gasteiger partial charge on any atom is -0.436 e. The Hall–Kier alpha value is 2.02. The van der Waals surface area contributed by atoms with Gasteiger partial charge in [0.2, 0.25) is 0 Å². The van der Waals surface area contributed by atoms with Crippen LogP contribution in [-0.2, 0) is 86.0 Å². The Kier molecular flexibility index (Phi) is 38.8. The van der Waals surface area contributed by atoms with Crippen LogP contribution in [0, 0.1) is 0 Å². The van der Waals surface area contributed by atoms with Gasteiger partial charge < -0.3 is 86.0 Å². The maximum atomic E-state index is 7.52. The van der Waals surface area contributed by atoms with Gasteiger partial charge in [0.1, 0.15) is 0 Å². The van der Waals surface area contributed by atoms with Crippen LogP contribution in [0.4, 0.5) is 0 Å². The van der Waals surface area contributed by atoms with E-state index in [9.17, 15) is 0 Å². The van der Waals surface area contributed by atoms with E-state index in [1.54, 1.807) is 85.3 Å². The standard InChI is InChI=1S/C36H100O20Si13.4CH4/c1-37-65(38-2,39-3)33-29-57(13,14)49-61(21,22)53-69(54-62(23,24)50-58(15,16)30-34-66(40-4,41-5)42-6,55-63(25,26)51-59(17,18)31-35-67(43-7,44-8)45-9)56-64(27,28)52-60(19,20)32-36-68(46-10,47-11)48-12;;;;/h29-36H2,1-28H3;4*1H4. The van der Waals surface area contributed by atoms with Crippen LogP contribution in [0.3, 0.4) is 0 Å². The van der Waals surface area contributed by atoms with Crippen molar-refractivity contribution in [2.24, 2.45) is 0 Å². The van der Waals surface area contributed by atoms with Crippen molar-refractivity contribution in [3.63, 3.8) is 0 Å². The summed E-state index contributed by atoms with van der Waals surface area (Å²) >= 11 is 0. The Bertz CT molecular complexity index is 1230. The largest absolute Gasteiger partial charge is 0.643 e. The first-order valence-corrected chi connectivity index (χ1v) is 56.5. The summed E-state index contributed by atoms with van der Waals surface area (Å²) in [6, 6.07) is 5.00. The Labute approximate surface area is 463 Å². The monoisotopic (exact) mass is 1280 g/mol. The summed E-state index contributed by atoms with van der Waals surface area (Å²) < 4.78 is 129. The molecule has 0 aromatic rings. The molecule has 0 heterocycles. The predicted octanol–water partition coefficient (Wildman–Crippen LogP) is 11.2. The van der Waals surface area contributed by atoms with Crippen LogP contribution >= 0.6 is 0 Å². The van der Waals surface area contributed by atoms with Gasteiger partial charge in [-0.15, -0.1) is 0 Å². The molecule has 33 heteroatoms. The van der Waals surface area contributed by atoms with Crippen molar-refractivity contribution >= 4 is 112 Å². The zero-order valence-electron chi connectivity index (χ0n) is 48.3. The molecule has 0 aliphatic heterocycles. The SMILES string of the molecule is C.C.C.C.CO[Si](CC[Si](C)(C)O[Si](C)(C)O[Si](O[Si](C)(C)O[Si](C)(C)CC[Si](OC)(OC)OC)(O[Si](C)(C)O[Si](C)(C)CC[Si](OC)(OC)OC)O[Si](C)(C)O[Si](C)(C)CC[Si](OC)(OC)OC)(OC)OC. The first-order valence-electron chi connectivity index (χ1n) is 23.4. The summed E-state index contributed by atoms with van der Waals surface area (Å²) in [4.78, 5) is 0. The minimum atomic E-state index is -4.48. The third-order valence-corrected chi connectivity index (χ3v) is 58.7. The molecule has 20 nitrogen and oxygen atoms in total. The molecule has 0 unspecified atom stereocenters. The number of hydrogen-bond acceptors (Lipinski definition) is 20. The number of hydrogen-bond donors (Lipinski definition) is 0. The quantitative estimate of drug-likeness (QED) is 0.0527. The lowest BCUT2D eigenvalue weighted by molar-refractivity contribution is 0.101. The molecule has 0 aliphatic rings. The molecule has 0 saturated carbocycles. The molecule has 0 N–H and O–H groups in total. The highest BCUT2D eigenvalue weighted by Crippen LogP contribution is 2.38. The predicted molar refractivity (Wildman–Crippen MR) is 327 cm³/mol. The molecule has 0 spiro atoms. The van der Waals surface area contributed by atoms with Crippen LogP contribution in [0.2, 0.25) is 153 Å². The maximum Gasteiger partial charge on any atom is 0.643 e. The van der Waals surface area contributed by atoms with E-state index in [0.29, 0.717) is 48.4 Å². The minimum absolute atomic E-state index is 0. The van der Waals surface area contributed by atoms with E-state index >= 15 is 0 Å². The van der Waals surface area contributed by atoms with Gasteiger partial charge in [-0.3, -0.25) is 0 Å². The molecule has 0 aromatic carbocycles. The highest BCUT2D eigenvalue weighted by Gasteiger charge is 2.63. The van der Waals surface area contributed by atoms with Gasteiger partial charge in [0, 0.05) is 109 Å². The summed E-state index contributed by atoms with van der Waals surface area (Å²) in [5.41, 5.74) is 0. The van der Waals surface area contributed by atoms with E-state index in [1.165, 1.54) is 0 Å². The summed E-state index contributed by atoms with van der Waals surface area (Å²) in [6.07, 6.45) is 0. The first-order chi connectivity index (χ1) is 31.2. The Balaban J connectivity index is -0.00000385. The molecule has 448 valence electrons. The normalized spacial score (nSPS) is 14.3. The van der Waals surface area contributed by atoms with Gasteiger partial charge in [-0.2, -0.15) is 0 Å². The van der Waals surface area contributed by atoms with E-state index in [1.807, 2.05) is 52.4 Å². The van der Waals surface area contributed by atoms with Crippen LogP contribution < -0.4 is 0 Å². The Morgan fingerprint density at radius 1 is 0.192 bits per heavy atom. The van der Waals surface area contributed by atoms with E-state index in [-0.39, 0.29) is 29.7 Å². The smallest absolute Gasteiger partial charge is 0.436 e. The Morgan fingerprint density at radius 2 is 0.315 bits per heavy atom. The fraction of sp³-hybridized carbons (Fsp3) is 1.00. The van der Waals surface area contributed by atoms with Crippen molar-refractivity contribution in [3.8, 4) is 0 Å². The van der Waals surface area contributed by atoms with Gasteiger partial charge in [-0.1, -0.05) is 29.7 Å². The first kappa shape index (κ1) is 83.8. The van der Waals surface area contributed by atoms with E-state index in [2.05, 4.69) is 52.4 Å². The molecule has 0 saturated heterocycles. The summed E-state index contributed by atoms with van der Waals surface area (Å²) in [7, 11) is -20.1. The van der Waals surface area contributed by atoms with Crippen LogP contribution in [0.1, 0.15) is 29.7 Å². The van der Waals surface area contributed by atoms with Gasteiger partial charge in [0.15, 0.2) is 33.3 Å². The maximum absolute atomic E-state index is 7.52. The number of rotatable bonds is 40. The van der Waals surface area contributed by atoms with Gasteiger partial charge in [0.25, 0.3) is 0 Å². The summed E-state index contributed by atoms with van der Waals surface area (Å²) in [5.74, 6) is 0. The van der Waals surface area contributed by atoms with Crippen molar-refractivity contribution in [1.29, 1.82) is 0 Å². The lowest BCUT2D eigenvalue weighted by Gasteiger charge is -2.48. The molecular formula is C40H116O20Si13. The molecule has 73 heavy (non-hydrogen) atoms. The van der Waals surface area contributed by atoms with Crippen molar-refractivity contribution in [2.45, 2.75) is 183 Å². The van der Waals surface area contributed by atoms with Crippen LogP contribution in [-0.4, -0.2) is 197 Å². The van der Waals surface area contributed by atoms with Gasteiger partial charge in [-0.05, 0) is 129 Å². The van der Waals surface area contributed by atoms with Crippen molar-refractivity contribution in [3.05, 3.63) is 0 Å². The van der Waals surface area contributed by atoms with Crippen molar-refractivity contribution < 1.29 is 86.0 Å². The third kappa shape index (κ3) is 29.5. The molecule has 0 aromatic heterocycles. The molecule has 0 fully saturated rings. The second kappa shape index (κ2) is 33.8. The molecule has 0 aliphatic carbocycles. The topological polar surface area (TPSA) is 185 Å². The average molecular weight is 1280 g/mol. The fourth-order valence-corrected chi connectivity index (χ4v) is 65.3. The lowest BCUT2D eigenvalue weighted by Crippen LogP contribution is -2.70. The molecule has 0 radical (unpaired) electrons. The van der Waals surface area contributed by atoms with Gasteiger partial charge in [-0.25, -0.2) is 0 Å². The third-order valence-electron chi connectivity index (χ3n) is 11.4. The highest BCUT2D eigenvalue weighted by molar-refractivity contribution is 6.95. The van der Waals surface area contributed by atoms with Crippen molar-refractivity contribution in [1.82, 2.24) is 0 Å². The molecular weight excluding hydrogens is 1170 g/mol. The summed E-state index contributed by atoms with van der Waals surface area (Å²) in [6.45, 7) is 33.4. The van der Waals surface area contributed by atoms with E-state index < -0.39 is 112 Å². The van der Waals surface area contributed by atoms with E-state index in [4.69, 9.17) is 86.0 Å². The lowest BCUT2D eigenvalue weighted by atomic mass is 10.9. The average Bonchev–Trinajstić information content (AvgIpc) is 3.21. The van der Waals surface area contributed by atoms with Crippen LogP contribution in [0.15, 0.2) is 0 Å². The molecule has 0 amide bonds. The Morgan fingerprint density at radius 3 is 0.425 bits per heavy atom. The zero-order chi connectivity index (χ0) is 54.3. The fourth-order valence-electron chi connectivity index (χ4n) is 8.32. The molecule has 0 atom stereocenters. The zero-order valence-corrected chi connectivity index (χ0v) is 61.3. The van der Waals surface area contributed by atoms with Gasteiger partial charge >= 0.3 is 78.5 Å². The van der Waals surface area contributed by atoms with Crippen molar-refractivity contribution in [2.75, 3.05) is 85.3 Å².